The highest BCUT2D eigenvalue weighted by Crippen LogP contribution is 2.27. The van der Waals surface area contributed by atoms with E-state index in [1.807, 2.05) is 36.0 Å². The number of halogens is 1. The lowest BCUT2D eigenvalue weighted by molar-refractivity contribution is -0.122. The molecular weight excluding hydrogens is 503 g/mol. The molecular formula is C23H35IN6O. The molecule has 1 aliphatic rings. The number of anilines is 1. The number of guanidine groups is 1. The summed E-state index contributed by atoms with van der Waals surface area (Å²) in [6, 6.07) is 8.19. The van der Waals surface area contributed by atoms with Crippen molar-refractivity contribution < 1.29 is 4.79 Å². The van der Waals surface area contributed by atoms with Crippen molar-refractivity contribution in [1.29, 1.82) is 0 Å². The third kappa shape index (κ3) is 6.69. The van der Waals surface area contributed by atoms with Crippen LogP contribution in [-0.4, -0.2) is 34.7 Å². The van der Waals surface area contributed by atoms with Crippen molar-refractivity contribution in [3.8, 4) is 0 Å². The van der Waals surface area contributed by atoms with Gasteiger partial charge in [-0.1, -0.05) is 18.6 Å². The highest BCUT2D eigenvalue weighted by molar-refractivity contribution is 14.0. The minimum atomic E-state index is 0. The van der Waals surface area contributed by atoms with Gasteiger partial charge in [-0.15, -0.1) is 24.0 Å². The van der Waals surface area contributed by atoms with Crippen LogP contribution in [0, 0.1) is 19.8 Å². The average Bonchev–Trinajstić information content (AvgIpc) is 2.90. The molecule has 0 saturated heterocycles. The molecule has 1 atom stereocenters. The largest absolute Gasteiger partial charge is 0.354 e. The fourth-order valence-electron chi connectivity index (χ4n) is 3.76. The lowest BCUT2D eigenvalue weighted by atomic mass is 9.85. The first-order valence-electron chi connectivity index (χ1n) is 10.7. The van der Waals surface area contributed by atoms with Crippen LogP contribution in [-0.2, 0) is 24.8 Å². The van der Waals surface area contributed by atoms with Crippen molar-refractivity contribution in [3.63, 3.8) is 0 Å². The monoisotopic (exact) mass is 538 g/mol. The van der Waals surface area contributed by atoms with Gasteiger partial charge in [0, 0.05) is 44.0 Å². The molecule has 8 heteroatoms. The number of amides is 1. The third-order valence-corrected chi connectivity index (χ3v) is 5.91. The molecule has 1 saturated carbocycles. The van der Waals surface area contributed by atoms with Gasteiger partial charge < -0.3 is 16.0 Å². The molecule has 1 heterocycles. The SMILES string of the molecule is CN=C(NCc1cccc(NC(=O)C2CCC2)c1)NC(C)Cc1c(C)nn(C)c1C.I. The topological polar surface area (TPSA) is 83.3 Å². The summed E-state index contributed by atoms with van der Waals surface area (Å²) in [6.45, 7) is 6.94. The van der Waals surface area contributed by atoms with E-state index in [0.29, 0.717) is 6.54 Å². The number of aliphatic imine (C=N–C) groups is 1. The van der Waals surface area contributed by atoms with Crippen LogP contribution in [0.3, 0.4) is 0 Å². The molecule has 1 unspecified atom stereocenters. The molecule has 2 aromatic rings. The summed E-state index contributed by atoms with van der Waals surface area (Å²) in [5, 5.41) is 14.4. The molecule has 0 radical (unpaired) electrons. The number of aromatic nitrogens is 2. The van der Waals surface area contributed by atoms with Crippen LogP contribution >= 0.6 is 24.0 Å². The first-order valence-corrected chi connectivity index (χ1v) is 10.7. The Morgan fingerprint density at radius 1 is 1.32 bits per heavy atom. The molecule has 3 N–H and O–H groups in total. The summed E-state index contributed by atoms with van der Waals surface area (Å²) >= 11 is 0. The van der Waals surface area contributed by atoms with E-state index in [1.54, 1.807) is 7.05 Å². The van der Waals surface area contributed by atoms with Crippen LogP contribution in [0.2, 0.25) is 0 Å². The average molecular weight is 538 g/mol. The van der Waals surface area contributed by atoms with Crippen LogP contribution in [0.5, 0.6) is 0 Å². The fourth-order valence-corrected chi connectivity index (χ4v) is 3.76. The van der Waals surface area contributed by atoms with Crippen molar-refractivity contribution in [2.24, 2.45) is 18.0 Å². The number of benzene rings is 1. The summed E-state index contributed by atoms with van der Waals surface area (Å²) in [6.07, 6.45) is 4.05. The van der Waals surface area contributed by atoms with Crippen LogP contribution in [0.25, 0.3) is 0 Å². The normalized spacial score (nSPS) is 14.9. The molecule has 7 nitrogen and oxygen atoms in total. The van der Waals surface area contributed by atoms with Gasteiger partial charge in [-0.25, -0.2) is 0 Å². The van der Waals surface area contributed by atoms with Crippen LogP contribution in [0.15, 0.2) is 29.3 Å². The number of aryl methyl sites for hydroxylation is 2. The molecule has 1 amide bonds. The fraction of sp³-hybridized carbons (Fsp3) is 0.522. The lowest BCUT2D eigenvalue weighted by Gasteiger charge is -2.24. The van der Waals surface area contributed by atoms with Gasteiger partial charge in [-0.05, 0) is 63.3 Å². The van der Waals surface area contributed by atoms with E-state index >= 15 is 0 Å². The maximum absolute atomic E-state index is 12.2. The third-order valence-electron chi connectivity index (χ3n) is 5.91. The first kappa shape index (κ1) is 25.2. The molecule has 170 valence electrons. The van der Waals surface area contributed by atoms with Crippen molar-refractivity contribution in [1.82, 2.24) is 20.4 Å². The standard InChI is InChI=1S/C23H34N6O.HI/c1-15(12-21-16(2)28-29(5)17(21)3)26-23(24-4)25-14-18-8-6-11-20(13-18)27-22(30)19-9-7-10-19;/h6,8,11,13,15,19H,7,9-10,12,14H2,1-5H3,(H,27,30)(H2,24,25,26);1H. The van der Waals surface area contributed by atoms with Gasteiger partial charge in [0.25, 0.3) is 0 Å². The Bertz CT molecular complexity index is 919. The minimum Gasteiger partial charge on any atom is -0.354 e. The highest BCUT2D eigenvalue weighted by atomic mass is 127. The van der Waals surface area contributed by atoms with Crippen molar-refractivity contribution in [3.05, 3.63) is 46.8 Å². The maximum Gasteiger partial charge on any atom is 0.227 e. The molecule has 0 aliphatic heterocycles. The number of rotatable bonds is 7. The van der Waals surface area contributed by atoms with E-state index in [9.17, 15) is 4.79 Å². The van der Waals surface area contributed by atoms with E-state index in [0.717, 1.165) is 48.6 Å². The van der Waals surface area contributed by atoms with Gasteiger partial charge in [-0.2, -0.15) is 5.10 Å². The van der Waals surface area contributed by atoms with Crippen LogP contribution < -0.4 is 16.0 Å². The summed E-state index contributed by atoms with van der Waals surface area (Å²) < 4.78 is 1.93. The predicted molar refractivity (Wildman–Crippen MR) is 137 cm³/mol. The van der Waals surface area contributed by atoms with Crippen molar-refractivity contribution in [2.75, 3.05) is 12.4 Å². The zero-order chi connectivity index (χ0) is 21.7. The van der Waals surface area contributed by atoms with E-state index < -0.39 is 0 Å². The number of carbonyl (C=O) groups is 1. The molecule has 1 fully saturated rings. The highest BCUT2D eigenvalue weighted by Gasteiger charge is 2.25. The zero-order valence-corrected chi connectivity index (χ0v) is 21.5. The van der Waals surface area contributed by atoms with E-state index in [-0.39, 0.29) is 41.8 Å². The van der Waals surface area contributed by atoms with Gasteiger partial charge >= 0.3 is 0 Å². The van der Waals surface area contributed by atoms with Crippen molar-refractivity contribution >= 4 is 41.5 Å². The second kappa shape index (κ2) is 11.5. The minimum absolute atomic E-state index is 0. The van der Waals surface area contributed by atoms with Crippen LogP contribution in [0.4, 0.5) is 5.69 Å². The van der Waals surface area contributed by atoms with Gasteiger partial charge in [0.05, 0.1) is 5.69 Å². The maximum atomic E-state index is 12.2. The summed E-state index contributed by atoms with van der Waals surface area (Å²) in [4.78, 5) is 16.5. The Labute approximate surface area is 202 Å². The molecule has 1 aliphatic carbocycles. The molecule has 31 heavy (non-hydrogen) atoms. The quantitative estimate of drug-likeness (QED) is 0.285. The zero-order valence-electron chi connectivity index (χ0n) is 19.2. The Morgan fingerprint density at radius 2 is 2.06 bits per heavy atom. The molecule has 1 aromatic heterocycles. The van der Waals surface area contributed by atoms with Gasteiger partial charge in [0.15, 0.2) is 5.96 Å². The smallest absolute Gasteiger partial charge is 0.227 e. The summed E-state index contributed by atoms with van der Waals surface area (Å²) in [5.41, 5.74) is 5.50. The van der Waals surface area contributed by atoms with E-state index in [1.165, 1.54) is 11.3 Å². The summed E-state index contributed by atoms with van der Waals surface area (Å²) in [5.74, 6) is 1.08. The van der Waals surface area contributed by atoms with E-state index in [4.69, 9.17) is 0 Å². The van der Waals surface area contributed by atoms with Crippen molar-refractivity contribution in [2.45, 2.75) is 59.0 Å². The van der Waals surface area contributed by atoms with Gasteiger partial charge in [0.1, 0.15) is 0 Å². The number of hydrogen-bond acceptors (Lipinski definition) is 3. The van der Waals surface area contributed by atoms with Crippen LogP contribution in [0.1, 0.15) is 48.7 Å². The second-order valence-corrected chi connectivity index (χ2v) is 8.27. The van der Waals surface area contributed by atoms with E-state index in [2.05, 4.69) is 46.8 Å². The van der Waals surface area contributed by atoms with Gasteiger partial charge in [-0.3, -0.25) is 14.5 Å². The number of carbonyl (C=O) groups excluding carboxylic acids is 1. The molecule has 0 spiro atoms. The molecule has 3 rings (SSSR count). The van der Waals surface area contributed by atoms with Gasteiger partial charge in [0.2, 0.25) is 5.91 Å². The Hall–Kier alpha value is -2.10. The number of nitrogens with zero attached hydrogens (tertiary/aromatic N) is 3. The predicted octanol–water partition coefficient (Wildman–Crippen LogP) is 3.69. The summed E-state index contributed by atoms with van der Waals surface area (Å²) in [7, 11) is 3.76. The molecule has 1 aromatic carbocycles. The number of nitrogens with one attached hydrogen (secondary N) is 3. The number of hydrogen-bond donors (Lipinski definition) is 3. The second-order valence-electron chi connectivity index (χ2n) is 8.27. The first-order chi connectivity index (χ1) is 14.4. The Kier molecular flexibility index (Phi) is 9.33. The Balaban J connectivity index is 0.00000341. The molecule has 0 bridgehead atoms. The Morgan fingerprint density at radius 3 is 2.65 bits per heavy atom. The lowest BCUT2D eigenvalue weighted by Crippen LogP contribution is -2.42.